The van der Waals surface area contributed by atoms with Crippen molar-refractivity contribution < 1.29 is 19.1 Å². The summed E-state index contributed by atoms with van der Waals surface area (Å²) >= 11 is 1.42. The Labute approximate surface area is 181 Å². The summed E-state index contributed by atoms with van der Waals surface area (Å²) in [5, 5.41) is 5.56. The van der Waals surface area contributed by atoms with Crippen molar-refractivity contribution >= 4 is 29.1 Å². The third-order valence-corrected chi connectivity index (χ3v) is 5.68. The number of likely N-dealkylation sites (tertiary alicyclic amines) is 1. The topological polar surface area (TPSA) is 113 Å². The lowest BCUT2D eigenvalue weighted by molar-refractivity contribution is -0.130. The second-order valence-electron chi connectivity index (χ2n) is 7.77. The molecule has 0 aliphatic carbocycles. The van der Waals surface area contributed by atoms with Gasteiger partial charge >= 0.3 is 0 Å². The third kappa shape index (κ3) is 9.19. The van der Waals surface area contributed by atoms with E-state index in [0.29, 0.717) is 31.2 Å². The van der Waals surface area contributed by atoms with Crippen LogP contribution in [0.5, 0.6) is 0 Å². The number of aryl methyl sites for hydroxylation is 1. The average molecular weight is 440 g/mol. The number of carbonyl (C=O) groups is 3. The fourth-order valence-electron chi connectivity index (χ4n) is 3.15. The maximum Gasteiger partial charge on any atom is 0.252 e. The smallest absolute Gasteiger partial charge is 0.252 e. The van der Waals surface area contributed by atoms with Crippen molar-refractivity contribution in [1.29, 1.82) is 0 Å². The summed E-state index contributed by atoms with van der Waals surface area (Å²) in [6.45, 7) is 8.66. The van der Waals surface area contributed by atoms with Gasteiger partial charge in [-0.15, -0.1) is 11.3 Å². The van der Waals surface area contributed by atoms with Gasteiger partial charge in [0.2, 0.25) is 11.8 Å². The maximum absolute atomic E-state index is 12.3. The molecule has 1 aliphatic rings. The molecule has 3 N–H and O–H groups in total. The van der Waals surface area contributed by atoms with Gasteiger partial charge in [-0.2, -0.15) is 0 Å². The van der Waals surface area contributed by atoms with Gasteiger partial charge in [0.05, 0.1) is 19.1 Å². The normalized spacial score (nSPS) is 15.2. The van der Waals surface area contributed by atoms with E-state index in [-0.39, 0.29) is 42.7 Å². The van der Waals surface area contributed by atoms with Crippen LogP contribution in [0.1, 0.15) is 43.8 Å². The Morgan fingerprint density at radius 3 is 2.57 bits per heavy atom. The monoisotopic (exact) mass is 439 g/mol. The number of piperidine rings is 1. The standard InChI is InChI=1S/C20H33N5O4S/c1-14(2)29-10-4-7-21-20(28)16-5-8-25(9-6-16)12-18(27)24-23-17(26)11-19-22-15(3)13-30-19/h13-14,16H,4-12H2,1-3H3,(H,21,28)(H,23,26)(H,24,27). The Kier molecular flexibility index (Phi) is 10.2. The van der Waals surface area contributed by atoms with E-state index in [2.05, 4.69) is 21.2 Å². The van der Waals surface area contributed by atoms with Crippen LogP contribution in [-0.4, -0.2) is 66.5 Å². The van der Waals surface area contributed by atoms with E-state index in [1.807, 2.05) is 31.1 Å². The van der Waals surface area contributed by atoms with Gasteiger partial charge in [-0.1, -0.05) is 0 Å². The fraction of sp³-hybridized carbons (Fsp3) is 0.700. The predicted octanol–water partition coefficient (Wildman–Crippen LogP) is 0.785. The first kappa shape index (κ1) is 24.2. The van der Waals surface area contributed by atoms with E-state index in [9.17, 15) is 14.4 Å². The first-order valence-corrected chi connectivity index (χ1v) is 11.3. The van der Waals surface area contributed by atoms with Crippen LogP contribution in [0.4, 0.5) is 0 Å². The molecular weight excluding hydrogens is 406 g/mol. The molecular formula is C20H33N5O4S. The van der Waals surface area contributed by atoms with E-state index in [1.54, 1.807) is 0 Å². The zero-order valence-corrected chi connectivity index (χ0v) is 18.8. The number of nitrogens with one attached hydrogen (secondary N) is 3. The van der Waals surface area contributed by atoms with E-state index in [1.165, 1.54) is 11.3 Å². The van der Waals surface area contributed by atoms with Gasteiger partial charge in [0.15, 0.2) is 0 Å². The molecule has 2 heterocycles. The van der Waals surface area contributed by atoms with Crippen molar-refractivity contribution in [2.45, 2.75) is 52.6 Å². The van der Waals surface area contributed by atoms with Crippen LogP contribution in [0.25, 0.3) is 0 Å². The Bertz CT molecular complexity index is 701. The van der Waals surface area contributed by atoms with Crippen LogP contribution in [0.3, 0.4) is 0 Å². The van der Waals surface area contributed by atoms with Crippen LogP contribution >= 0.6 is 11.3 Å². The SMILES string of the molecule is Cc1csc(CC(=O)NNC(=O)CN2CCC(C(=O)NCCCOC(C)C)CC2)n1. The molecule has 0 aromatic carbocycles. The second kappa shape index (κ2) is 12.6. The van der Waals surface area contributed by atoms with Crippen molar-refractivity contribution in [3.8, 4) is 0 Å². The molecule has 0 radical (unpaired) electrons. The van der Waals surface area contributed by atoms with Crippen molar-refractivity contribution in [2.75, 3.05) is 32.8 Å². The van der Waals surface area contributed by atoms with Crippen molar-refractivity contribution in [2.24, 2.45) is 5.92 Å². The molecule has 30 heavy (non-hydrogen) atoms. The number of nitrogens with zero attached hydrogens (tertiary/aromatic N) is 2. The van der Waals surface area contributed by atoms with E-state index < -0.39 is 0 Å². The highest BCUT2D eigenvalue weighted by Gasteiger charge is 2.25. The summed E-state index contributed by atoms with van der Waals surface area (Å²) < 4.78 is 5.46. The Balaban J connectivity index is 1.56. The molecule has 9 nitrogen and oxygen atoms in total. The minimum absolute atomic E-state index is 0.0169. The molecule has 0 saturated carbocycles. The lowest BCUT2D eigenvalue weighted by Crippen LogP contribution is -2.49. The molecule has 1 aromatic heterocycles. The lowest BCUT2D eigenvalue weighted by atomic mass is 9.96. The number of hydrogen-bond acceptors (Lipinski definition) is 7. The summed E-state index contributed by atoms with van der Waals surface area (Å²) in [6.07, 6.45) is 2.59. The second-order valence-corrected chi connectivity index (χ2v) is 8.71. The Morgan fingerprint density at radius 2 is 1.93 bits per heavy atom. The molecule has 10 heteroatoms. The van der Waals surface area contributed by atoms with E-state index in [0.717, 1.165) is 25.0 Å². The molecule has 2 rings (SSSR count). The minimum atomic E-state index is -0.299. The largest absolute Gasteiger partial charge is 0.379 e. The van der Waals surface area contributed by atoms with Crippen LogP contribution in [0.2, 0.25) is 0 Å². The Hall–Kier alpha value is -2.04. The molecule has 0 atom stereocenters. The number of aromatic nitrogens is 1. The Morgan fingerprint density at radius 1 is 1.23 bits per heavy atom. The highest BCUT2D eigenvalue weighted by atomic mass is 32.1. The van der Waals surface area contributed by atoms with E-state index >= 15 is 0 Å². The first-order chi connectivity index (χ1) is 14.3. The molecule has 1 saturated heterocycles. The van der Waals surface area contributed by atoms with Gasteiger partial charge in [0, 0.05) is 30.1 Å². The van der Waals surface area contributed by atoms with Gasteiger partial charge in [-0.25, -0.2) is 4.98 Å². The maximum atomic E-state index is 12.3. The lowest BCUT2D eigenvalue weighted by Gasteiger charge is -2.30. The van der Waals surface area contributed by atoms with Crippen LogP contribution in [0.15, 0.2) is 5.38 Å². The van der Waals surface area contributed by atoms with Crippen molar-refractivity contribution in [3.63, 3.8) is 0 Å². The van der Waals surface area contributed by atoms with Gasteiger partial charge in [0.1, 0.15) is 5.01 Å². The quantitative estimate of drug-likeness (QED) is 0.367. The van der Waals surface area contributed by atoms with Crippen LogP contribution in [0, 0.1) is 12.8 Å². The number of thiazole rings is 1. The number of amides is 3. The van der Waals surface area contributed by atoms with Gasteiger partial charge in [0.25, 0.3) is 5.91 Å². The van der Waals surface area contributed by atoms with Crippen molar-refractivity contribution in [1.82, 2.24) is 26.1 Å². The summed E-state index contributed by atoms with van der Waals surface area (Å²) in [6, 6.07) is 0. The van der Waals surface area contributed by atoms with Gasteiger partial charge < -0.3 is 10.1 Å². The number of hydrogen-bond donors (Lipinski definition) is 3. The van der Waals surface area contributed by atoms with Gasteiger partial charge in [-0.3, -0.25) is 30.1 Å². The highest BCUT2D eigenvalue weighted by Crippen LogP contribution is 2.17. The minimum Gasteiger partial charge on any atom is -0.379 e. The zero-order valence-electron chi connectivity index (χ0n) is 18.0. The summed E-state index contributed by atoms with van der Waals surface area (Å²) in [4.78, 5) is 42.4. The number of ether oxygens (including phenoxy) is 1. The van der Waals surface area contributed by atoms with E-state index in [4.69, 9.17) is 4.74 Å². The highest BCUT2D eigenvalue weighted by molar-refractivity contribution is 7.09. The number of carbonyl (C=O) groups excluding carboxylic acids is 3. The zero-order chi connectivity index (χ0) is 21.9. The van der Waals surface area contributed by atoms with Gasteiger partial charge in [-0.05, 0) is 53.1 Å². The average Bonchev–Trinajstić information content (AvgIpc) is 3.11. The molecule has 1 aliphatic heterocycles. The molecule has 0 bridgehead atoms. The molecule has 0 unspecified atom stereocenters. The number of hydrazine groups is 1. The molecule has 0 spiro atoms. The third-order valence-electron chi connectivity index (χ3n) is 4.72. The molecule has 3 amide bonds. The first-order valence-electron chi connectivity index (χ1n) is 10.4. The summed E-state index contributed by atoms with van der Waals surface area (Å²) in [5.74, 6) is -0.510. The fourth-order valence-corrected chi connectivity index (χ4v) is 3.92. The molecule has 1 aromatic rings. The van der Waals surface area contributed by atoms with Crippen LogP contribution < -0.4 is 16.2 Å². The molecule has 168 valence electrons. The summed E-state index contributed by atoms with van der Waals surface area (Å²) in [7, 11) is 0. The molecule has 1 fully saturated rings. The van der Waals surface area contributed by atoms with Crippen molar-refractivity contribution in [3.05, 3.63) is 16.1 Å². The predicted molar refractivity (Wildman–Crippen MR) is 115 cm³/mol. The summed E-state index contributed by atoms with van der Waals surface area (Å²) in [5.41, 5.74) is 5.75. The number of rotatable bonds is 10. The van der Waals surface area contributed by atoms with Crippen LogP contribution in [-0.2, 0) is 25.5 Å².